The normalized spacial score (nSPS) is 12.0. The maximum Gasteiger partial charge on any atom is 0.125 e. The molecule has 25 heavy (non-hydrogen) atoms. The summed E-state index contributed by atoms with van der Waals surface area (Å²) in [7, 11) is 1.63. The largest absolute Gasteiger partial charge is 0.496 e. The topological polar surface area (TPSA) is 41.9 Å². The number of ether oxygens (including phenoxy) is 2. The minimum atomic E-state index is -0.713. The van der Waals surface area contributed by atoms with Crippen LogP contribution in [0.25, 0.3) is 10.4 Å². The molecule has 1 aromatic carbocycles. The molecule has 1 atom stereocenters. The summed E-state index contributed by atoms with van der Waals surface area (Å²) >= 11 is 1.65. The molecule has 0 saturated carbocycles. The van der Waals surface area contributed by atoms with Crippen LogP contribution in [0.15, 0.2) is 35.7 Å². The number of benzene rings is 1. The number of likely N-dealkylation sites (N-methyl/N-ethyl adjacent to an activating group) is 1. The smallest absolute Gasteiger partial charge is 0.125 e. The van der Waals surface area contributed by atoms with Crippen LogP contribution < -0.4 is 4.74 Å². The van der Waals surface area contributed by atoms with E-state index in [1.54, 1.807) is 18.4 Å². The van der Waals surface area contributed by atoms with Gasteiger partial charge in [-0.3, -0.25) is 0 Å². The lowest BCUT2D eigenvalue weighted by molar-refractivity contribution is 0.0266. The van der Waals surface area contributed by atoms with E-state index in [0.29, 0.717) is 12.4 Å². The van der Waals surface area contributed by atoms with E-state index in [0.717, 1.165) is 35.6 Å². The lowest BCUT2D eigenvalue weighted by atomic mass is 10.00. The van der Waals surface area contributed by atoms with Gasteiger partial charge in [0.1, 0.15) is 11.9 Å². The zero-order chi connectivity index (χ0) is 17.4. The summed E-state index contributed by atoms with van der Waals surface area (Å²) < 4.78 is 11.2. The van der Waals surface area contributed by atoms with Crippen LogP contribution in [-0.2, 0) is 4.74 Å². The van der Waals surface area contributed by atoms with Gasteiger partial charge in [-0.2, -0.15) is 0 Å². The fraction of sp³-hybridized carbons (Fsp3) is 0.474. The predicted octanol–water partition coefficient (Wildman–Crippen LogP) is 4.24. The first-order valence-corrected chi connectivity index (χ1v) is 9.28. The Bertz CT molecular complexity index is 603. The Morgan fingerprint density at radius 1 is 1.16 bits per heavy atom. The molecule has 0 fully saturated rings. The number of halogens is 1. The molecule has 2 aromatic rings. The summed E-state index contributed by atoms with van der Waals surface area (Å²) in [6, 6.07) is 9.91. The van der Waals surface area contributed by atoms with Crippen molar-refractivity contribution in [1.29, 1.82) is 0 Å². The SMILES string of the molecule is CCN(CC)CCOCC(O)c1c(OC)cccc1-c1cccs1.Cl. The third-order valence-corrected chi connectivity index (χ3v) is 5.03. The van der Waals surface area contributed by atoms with E-state index in [1.165, 1.54) is 0 Å². The van der Waals surface area contributed by atoms with E-state index in [2.05, 4.69) is 24.8 Å². The summed E-state index contributed by atoms with van der Waals surface area (Å²) in [5, 5.41) is 12.7. The molecule has 0 spiro atoms. The van der Waals surface area contributed by atoms with Crippen LogP contribution in [0.4, 0.5) is 0 Å². The van der Waals surface area contributed by atoms with Crippen LogP contribution in [0.2, 0.25) is 0 Å². The number of aliphatic hydroxyl groups excluding tert-OH is 1. The Hall–Kier alpha value is -1.11. The van der Waals surface area contributed by atoms with Gasteiger partial charge in [0.15, 0.2) is 0 Å². The first-order chi connectivity index (χ1) is 11.7. The van der Waals surface area contributed by atoms with Crippen molar-refractivity contribution in [2.45, 2.75) is 20.0 Å². The standard InChI is InChI=1S/C19H27NO3S.ClH/c1-4-20(5-2)11-12-23-14-16(21)19-15(18-10-7-13-24-18)8-6-9-17(19)22-3;/h6-10,13,16,21H,4-5,11-12,14H2,1-3H3;1H. The summed E-state index contributed by atoms with van der Waals surface area (Å²) in [5.41, 5.74) is 1.80. The van der Waals surface area contributed by atoms with Gasteiger partial charge in [0.25, 0.3) is 0 Å². The van der Waals surface area contributed by atoms with Crippen molar-refractivity contribution in [2.24, 2.45) is 0 Å². The molecule has 6 heteroatoms. The van der Waals surface area contributed by atoms with Crippen LogP contribution in [0, 0.1) is 0 Å². The number of rotatable bonds is 10. The van der Waals surface area contributed by atoms with Crippen LogP contribution in [-0.4, -0.2) is 50.0 Å². The fourth-order valence-corrected chi connectivity index (χ4v) is 3.49. The first-order valence-electron chi connectivity index (χ1n) is 8.40. The third kappa shape index (κ3) is 5.97. The van der Waals surface area contributed by atoms with Crippen LogP contribution in [0.5, 0.6) is 5.75 Å². The second kappa shape index (κ2) is 11.5. The molecule has 2 rings (SSSR count). The minimum absolute atomic E-state index is 0. The number of hydrogen-bond acceptors (Lipinski definition) is 5. The second-order valence-corrected chi connectivity index (χ2v) is 6.46. The van der Waals surface area contributed by atoms with Crippen LogP contribution in [0.3, 0.4) is 0 Å². The number of thiophene rings is 1. The van der Waals surface area contributed by atoms with E-state index in [9.17, 15) is 5.11 Å². The molecule has 0 radical (unpaired) electrons. The Balaban J connectivity index is 0.00000312. The zero-order valence-corrected chi connectivity index (χ0v) is 16.7. The van der Waals surface area contributed by atoms with Crippen molar-refractivity contribution in [1.82, 2.24) is 4.90 Å². The lowest BCUT2D eigenvalue weighted by Gasteiger charge is -2.20. The van der Waals surface area contributed by atoms with Crippen molar-refractivity contribution in [2.75, 3.05) is 40.0 Å². The van der Waals surface area contributed by atoms with Gasteiger partial charge in [-0.25, -0.2) is 0 Å². The molecular weight excluding hydrogens is 358 g/mol. The summed E-state index contributed by atoms with van der Waals surface area (Å²) in [6.45, 7) is 8.06. The minimum Gasteiger partial charge on any atom is -0.496 e. The zero-order valence-electron chi connectivity index (χ0n) is 15.1. The van der Waals surface area contributed by atoms with E-state index in [-0.39, 0.29) is 19.0 Å². The molecule has 140 valence electrons. The molecule has 0 amide bonds. The highest BCUT2D eigenvalue weighted by Crippen LogP contribution is 2.37. The van der Waals surface area contributed by atoms with Gasteiger partial charge in [-0.1, -0.05) is 32.0 Å². The van der Waals surface area contributed by atoms with Gasteiger partial charge in [0, 0.05) is 22.5 Å². The summed E-state index contributed by atoms with van der Waals surface area (Å²) in [4.78, 5) is 3.41. The molecule has 1 unspecified atom stereocenters. The van der Waals surface area contributed by atoms with Gasteiger partial charge in [0.05, 0.1) is 20.3 Å². The van der Waals surface area contributed by atoms with E-state index in [4.69, 9.17) is 9.47 Å². The highest BCUT2D eigenvalue weighted by molar-refractivity contribution is 7.13. The molecule has 0 aliphatic rings. The van der Waals surface area contributed by atoms with Gasteiger partial charge in [-0.15, -0.1) is 23.7 Å². The lowest BCUT2D eigenvalue weighted by Crippen LogP contribution is -2.27. The van der Waals surface area contributed by atoms with Gasteiger partial charge >= 0.3 is 0 Å². The van der Waals surface area contributed by atoms with Gasteiger partial charge < -0.3 is 19.5 Å². The second-order valence-electron chi connectivity index (χ2n) is 5.52. The summed E-state index contributed by atoms with van der Waals surface area (Å²) in [5.74, 6) is 0.695. The molecular formula is C19H28ClNO3S. The Morgan fingerprint density at radius 3 is 2.52 bits per heavy atom. The number of methoxy groups -OCH3 is 1. The number of nitrogens with zero attached hydrogens (tertiary/aromatic N) is 1. The van der Waals surface area contributed by atoms with E-state index >= 15 is 0 Å². The average molecular weight is 386 g/mol. The average Bonchev–Trinajstić information content (AvgIpc) is 3.15. The molecule has 0 aliphatic heterocycles. The molecule has 1 N–H and O–H groups in total. The Labute approximate surface area is 160 Å². The Kier molecular flexibility index (Phi) is 10.1. The van der Waals surface area contributed by atoms with Crippen molar-refractivity contribution in [3.05, 3.63) is 41.3 Å². The molecule has 0 saturated heterocycles. The van der Waals surface area contributed by atoms with E-state index < -0.39 is 6.10 Å². The molecule has 1 aromatic heterocycles. The highest BCUT2D eigenvalue weighted by atomic mass is 35.5. The Morgan fingerprint density at radius 2 is 1.92 bits per heavy atom. The number of aliphatic hydroxyl groups is 1. The molecule has 0 aliphatic carbocycles. The molecule has 0 bridgehead atoms. The van der Waals surface area contributed by atoms with Gasteiger partial charge in [0.2, 0.25) is 0 Å². The van der Waals surface area contributed by atoms with Gasteiger partial charge in [-0.05, 0) is 30.6 Å². The molecule has 1 heterocycles. The maximum atomic E-state index is 10.7. The van der Waals surface area contributed by atoms with E-state index in [1.807, 2.05) is 29.6 Å². The third-order valence-electron chi connectivity index (χ3n) is 4.13. The van der Waals surface area contributed by atoms with Crippen molar-refractivity contribution < 1.29 is 14.6 Å². The molecule has 4 nitrogen and oxygen atoms in total. The fourth-order valence-electron chi connectivity index (χ4n) is 2.72. The quantitative estimate of drug-likeness (QED) is 0.621. The van der Waals surface area contributed by atoms with Crippen molar-refractivity contribution in [3.8, 4) is 16.2 Å². The summed E-state index contributed by atoms with van der Waals surface area (Å²) in [6.07, 6.45) is -0.713. The first kappa shape index (κ1) is 21.9. The van der Waals surface area contributed by atoms with Crippen molar-refractivity contribution in [3.63, 3.8) is 0 Å². The van der Waals surface area contributed by atoms with Crippen molar-refractivity contribution >= 4 is 23.7 Å². The maximum absolute atomic E-state index is 10.7. The van der Waals surface area contributed by atoms with Crippen LogP contribution in [0.1, 0.15) is 25.5 Å². The predicted molar refractivity (Wildman–Crippen MR) is 107 cm³/mol. The van der Waals surface area contributed by atoms with Crippen LogP contribution >= 0.6 is 23.7 Å². The number of hydrogen-bond donors (Lipinski definition) is 1. The monoisotopic (exact) mass is 385 g/mol. The highest BCUT2D eigenvalue weighted by Gasteiger charge is 2.19.